The molecule has 4 nitrogen and oxygen atoms in total. The van der Waals surface area contributed by atoms with Crippen molar-refractivity contribution in [3.05, 3.63) is 16.8 Å². The lowest BCUT2D eigenvalue weighted by atomic mass is 10.1. The van der Waals surface area contributed by atoms with Gasteiger partial charge in [0.25, 0.3) is 0 Å². The van der Waals surface area contributed by atoms with Gasteiger partial charge < -0.3 is 11.1 Å². The molecular formula is C14H24N4S. The van der Waals surface area contributed by atoms with Crippen LogP contribution in [0.4, 0.5) is 5.82 Å². The second-order valence-corrected chi connectivity index (χ2v) is 5.75. The summed E-state index contributed by atoms with van der Waals surface area (Å²) in [5.74, 6) is 1.47. The molecule has 0 saturated carbocycles. The third-order valence-electron chi connectivity index (χ3n) is 3.20. The van der Waals surface area contributed by atoms with E-state index in [1.54, 1.807) is 0 Å². The van der Waals surface area contributed by atoms with Gasteiger partial charge in [-0.1, -0.05) is 38.9 Å². The summed E-state index contributed by atoms with van der Waals surface area (Å²) in [5, 5.41) is 11.6. The molecule has 0 unspecified atom stereocenters. The van der Waals surface area contributed by atoms with E-state index in [-0.39, 0.29) is 0 Å². The minimum atomic E-state index is 0.375. The van der Waals surface area contributed by atoms with E-state index in [0.717, 1.165) is 35.7 Å². The van der Waals surface area contributed by atoms with Crippen molar-refractivity contribution in [1.82, 2.24) is 10.2 Å². The van der Waals surface area contributed by atoms with E-state index in [0.29, 0.717) is 10.8 Å². The predicted octanol–water partition coefficient (Wildman–Crippen LogP) is 2.97. The van der Waals surface area contributed by atoms with E-state index in [2.05, 4.69) is 29.4 Å². The van der Waals surface area contributed by atoms with Crippen LogP contribution in [0.15, 0.2) is 0 Å². The highest BCUT2D eigenvalue weighted by molar-refractivity contribution is 7.80. The highest BCUT2D eigenvalue weighted by Gasteiger charge is 2.12. The molecule has 3 N–H and O–H groups in total. The average molecular weight is 280 g/mol. The van der Waals surface area contributed by atoms with Gasteiger partial charge in [-0.25, -0.2) is 0 Å². The van der Waals surface area contributed by atoms with Gasteiger partial charge in [0.1, 0.15) is 4.99 Å². The highest BCUT2D eigenvalue weighted by Crippen LogP contribution is 2.18. The van der Waals surface area contributed by atoms with Crippen LogP contribution < -0.4 is 11.1 Å². The fourth-order valence-corrected chi connectivity index (χ4v) is 2.17. The fourth-order valence-electron chi connectivity index (χ4n) is 1.92. The van der Waals surface area contributed by atoms with Crippen LogP contribution in [0.5, 0.6) is 0 Å². The lowest BCUT2D eigenvalue weighted by molar-refractivity contribution is 0.544. The summed E-state index contributed by atoms with van der Waals surface area (Å²) < 4.78 is 0. The molecule has 0 bridgehead atoms. The van der Waals surface area contributed by atoms with Crippen molar-refractivity contribution >= 4 is 23.0 Å². The van der Waals surface area contributed by atoms with Gasteiger partial charge in [-0.2, -0.15) is 5.10 Å². The number of nitrogens with two attached hydrogens (primary N) is 1. The molecule has 0 aliphatic carbocycles. The maximum absolute atomic E-state index is 5.78. The molecule has 5 heteroatoms. The van der Waals surface area contributed by atoms with Crippen LogP contribution in [0.1, 0.15) is 49.9 Å². The van der Waals surface area contributed by atoms with Crippen molar-refractivity contribution in [3.8, 4) is 0 Å². The molecule has 0 radical (unpaired) electrons. The number of nitrogens with zero attached hydrogens (tertiary/aromatic N) is 2. The Hall–Kier alpha value is -1.23. The third kappa shape index (κ3) is 4.74. The number of thiocarbonyl (C=S) groups is 1. The van der Waals surface area contributed by atoms with E-state index >= 15 is 0 Å². The van der Waals surface area contributed by atoms with Gasteiger partial charge in [-0.15, -0.1) is 5.10 Å². The smallest absolute Gasteiger partial charge is 0.159 e. The van der Waals surface area contributed by atoms with E-state index in [4.69, 9.17) is 18.0 Å². The van der Waals surface area contributed by atoms with Gasteiger partial charge in [0.05, 0.1) is 11.3 Å². The van der Waals surface area contributed by atoms with Crippen molar-refractivity contribution in [2.45, 2.75) is 47.0 Å². The number of aromatic nitrogens is 2. The van der Waals surface area contributed by atoms with Crippen molar-refractivity contribution < 1.29 is 0 Å². The Morgan fingerprint density at radius 1 is 1.26 bits per heavy atom. The predicted molar refractivity (Wildman–Crippen MR) is 84.6 cm³/mol. The van der Waals surface area contributed by atoms with Crippen LogP contribution in [0.25, 0.3) is 0 Å². The van der Waals surface area contributed by atoms with E-state index in [1.165, 1.54) is 12.8 Å². The first-order valence-corrected chi connectivity index (χ1v) is 7.21. The van der Waals surface area contributed by atoms with Gasteiger partial charge in [0.15, 0.2) is 5.82 Å². The SMILES string of the molecule is Cc1nnc(NCCCCC(C)C)c(C(N)=S)c1C. The van der Waals surface area contributed by atoms with E-state index < -0.39 is 0 Å². The second kappa shape index (κ2) is 7.38. The van der Waals surface area contributed by atoms with Gasteiger partial charge in [-0.05, 0) is 31.7 Å². The standard InChI is InChI=1S/C14H24N4S/c1-9(2)7-5-6-8-16-14-12(13(15)19)10(3)11(4)17-18-14/h9H,5-8H2,1-4H3,(H2,15,19)(H,16,18). The molecule has 0 atom stereocenters. The Kier molecular flexibility index (Phi) is 6.15. The van der Waals surface area contributed by atoms with Crippen LogP contribution in [0, 0.1) is 19.8 Å². The molecule has 0 amide bonds. The molecule has 0 spiro atoms. The number of unbranched alkanes of at least 4 members (excludes halogenated alkanes) is 1. The Morgan fingerprint density at radius 2 is 1.95 bits per heavy atom. The summed E-state index contributed by atoms with van der Waals surface area (Å²) in [6.07, 6.45) is 3.58. The lowest BCUT2D eigenvalue weighted by Crippen LogP contribution is -2.18. The van der Waals surface area contributed by atoms with Crippen LogP contribution >= 0.6 is 12.2 Å². The third-order valence-corrected chi connectivity index (χ3v) is 3.41. The zero-order valence-corrected chi connectivity index (χ0v) is 13.1. The lowest BCUT2D eigenvalue weighted by Gasteiger charge is -2.13. The van der Waals surface area contributed by atoms with Crippen molar-refractivity contribution in [1.29, 1.82) is 0 Å². The molecule has 106 valence electrons. The van der Waals surface area contributed by atoms with Crippen molar-refractivity contribution in [2.75, 3.05) is 11.9 Å². The van der Waals surface area contributed by atoms with E-state index in [1.807, 2.05) is 13.8 Å². The summed E-state index contributed by atoms with van der Waals surface area (Å²) in [4.78, 5) is 0.375. The van der Waals surface area contributed by atoms with Crippen molar-refractivity contribution in [3.63, 3.8) is 0 Å². The topological polar surface area (TPSA) is 63.8 Å². The van der Waals surface area contributed by atoms with Gasteiger partial charge >= 0.3 is 0 Å². The number of aryl methyl sites for hydroxylation is 1. The van der Waals surface area contributed by atoms with Crippen LogP contribution in [-0.2, 0) is 0 Å². The monoisotopic (exact) mass is 280 g/mol. The summed E-state index contributed by atoms with van der Waals surface area (Å²) in [6, 6.07) is 0. The van der Waals surface area contributed by atoms with Crippen LogP contribution in [0.3, 0.4) is 0 Å². The molecule has 1 rings (SSSR count). The molecule has 0 aromatic carbocycles. The van der Waals surface area contributed by atoms with Crippen molar-refractivity contribution in [2.24, 2.45) is 11.7 Å². The summed E-state index contributed by atoms with van der Waals surface area (Å²) >= 11 is 5.10. The first-order valence-electron chi connectivity index (χ1n) is 6.81. The molecular weight excluding hydrogens is 256 g/mol. The average Bonchev–Trinajstić information content (AvgIpc) is 2.32. The molecule has 1 aromatic rings. The number of anilines is 1. The van der Waals surface area contributed by atoms with Gasteiger partial charge in [0, 0.05) is 6.54 Å². The number of nitrogens with one attached hydrogen (secondary N) is 1. The molecule has 19 heavy (non-hydrogen) atoms. The Balaban J connectivity index is 2.63. The minimum Gasteiger partial charge on any atom is -0.389 e. The quantitative estimate of drug-likeness (QED) is 0.594. The second-order valence-electron chi connectivity index (χ2n) is 5.31. The number of hydrogen-bond acceptors (Lipinski definition) is 4. The Morgan fingerprint density at radius 3 is 2.53 bits per heavy atom. The summed E-state index contributed by atoms with van der Waals surface area (Å²) in [7, 11) is 0. The summed E-state index contributed by atoms with van der Waals surface area (Å²) in [5.41, 5.74) is 8.48. The van der Waals surface area contributed by atoms with Gasteiger partial charge in [-0.3, -0.25) is 0 Å². The zero-order chi connectivity index (χ0) is 14.4. The number of rotatable bonds is 7. The largest absolute Gasteiger partial charge is 0.389 e. The Bertz CT molecular complexity index is 443. The fraction of sp³-hybridized carbons (Fsp3) is 0.643. The van der Waals surface area contributed by atoms with Crippen LogP contribution in [-0.4, -0.2) is 21.7 Å². The molecule has 0 fully saturated rings. The normalized spacial score (nSPS) is 10.8. The van der Waals surface area contributed by atoms with Crippen LogP contribution in [0.2, 0.25) is 0 Å². The van der Waals surface area contributed by atoms with Gasteiger partial charge in [0.2, 0.25) is 0 Å². The molecule has 0 aliphatic heterocycles. The minimum absolute atomic E-state index is 0.375. The molecule has 0 saturated heterocycles. The molecule has 1 aromatic heterocycles. The zero-order valence-electron chi connectivity index (χ0n) is 12.3. The molecule has 1 heterocycles. The molecule has 0 aliphatic rings. The Labute approximate surface area is 121 Å². The first-order chi connectivity index (χ1) is 8.93. The maximum atomic E-state index is 5.78. The summed E-state index contributed by atoms with van der Waals surface area (Å²) in [6.45, 7) is 9.25. The van der Waals surface area contributed by atoms with E-state index in [9.17, 15) is 0 Å². The maximum Gasteiger partial charge on any atom is 0.159 e. The number of hydrogen-bond donors (Lipinski definition) is 2. The highest BCUT2D eigenvalue weighted by atomic mass is 32.1. The first kappa shape index (κ1) is 15.8.